The first kappa shape index (κ1) is 12.3. The van der Waals surface area contributed by atoms with Crippen LogP contribution >= 0.6 is 0 Å². The average molecular weight is 191 g/mol. The second-order valence-corrected chi connectivity index (χ2v) is 2.58. The molecule has 0 aliphatic heterocycles. The van der Waals surface area contributed by atoms with Gasteiger partial charge in [-0.3, -0.25) is 4.99 Å². The molecule has 0 saturated heterocycles. The first-order valence-electron chi connectivity index (χ1n) is 4.20. The molecule has 0 aromatic carbocycles. The number of nitrogens with zero attached hydrogens (tertiary/aromatic N) is 1. The summed E-state index contributed by atoms with van der Waals surface area (Å²) in [4.78, 5) is 3.88. The van der Waals surface area contributed by atoms with Gasteiger partial charge in [0.1, 0.15) is 0 Å². The lowest BCUT2D eigenvalue weighted by molar-refractivity contribution is 0.643. The summed E-state index contributed by atoms with van der Waals surface area (Å²) in [5, 5.41) is 0. The standard InChI is InChI=1S/C12H14FN/c1-5-7-9-14-11(4)12(13)10(3)8-6-2/h5,7-9H,2-3H2,1,4H3/b7-5+,12-11+,14-9-. The Kier molecular flexibility index (Phi) is 6.01. The van der Waals surface area contributed by atoms with Crippen LogP contribution in [0.1, 0.15) is 13.8 Å². The van der Waals surface area contributed by atoms with E-state index < -0.39 is 5.83 Å². The highest BCUT2D eigenvalue weighted by atomic mass is 19.1. The van der Waals surface area contributed by atoms with Crippen molar-refractivity contribution in [2.45, 2.75) is 13.8 Å². The quantitative estimate of drug-likeness (QED) is 0.365. The van der Waals surface area contributed by atoms with Gasteiger partial charge in [0.05, 0.1) is 5.70 Å². The Hall–Kier alpha value is -1.66. The van der Waals surface area contributed by atoms with Gasteiger partial charge in [0.25, 0.3) is 0 Å². The summed E-state index contributed by atoms with van der Waals surface area (Å²) >= 11 is 0. The normalized spacial score (nSPS) is 12.8. The van der Waals surface area contributed by atoms with Crippen molar-refractivity contribution < 1.29 is 4.39 Å². The molecule has 0 saturated carbocycles. The fourth-order valence-corrected chi connectivity index (χ4v) is 0.716. The lowest BCUT2D eigenvalue weighted by Crippen LogP contribution is -1.82. The van der Waals surface area contributed by atoms with Crippen LogP contribution in [0.3, 0.4) is 0 Å². The summed E-state index contributed by atoms with van der Waals surface area (Å²) < 4.78 is 13.3. The van der Waals surface area contributed by atoms with E-state index in [1.165, 1.54) is 12.3 Å². The molecule has 0 aliphatic carbocycles. The van der Waals surface area contributed by atoms with Crippen molar-refractivity contribution in [3.63, 3.8) is 0 Å². The van der Waals surface area contributed by atoms with Crippen LogP contribution in [0.2, 0.25) is 0 Å². The summed E-state index contributed by atoms with van der Waals surface area (Å²) in [7, 11) is 0. The van der Waals surface area contributed by atoms with E-state index in [0.717, 1.165) is 0 Å². The minimum absolute atomic E-state index is 0.232. The molecule has 0 fully saturated rings. The van der Waals surface area contributed by atoms with Crippen LogP contribution < -0.4 is 0 Å². The van der Waals surface area contributed by atoms with Crippen molar-refractivity contribution in [3.05, 3.63) is 54.2 Å². The molecule has 74 valence electrons. The Labute approximate surface area is 84.4 Å². The number of hydrogen-bond donors (Lipinski definition) is 0. The van der Waals surface area contributed by atoms with Gasteiger partial charge in [0.15, 0.2) is 5.83 Å². The van der Waals surface area contributed by atoms with Gasteiger partial charge < -0.3 is 0 Å². The third-order valence-electron chi connectivity index (χ3n) is 1.42. The molecule has 0 spiro atoms. The lowest BCUT2D eigenvalue weighted by Gasteiger charge is -1.97. The fourth-order valence-electron chi connectivity index (χ4n) is 0.716. The lowest BCUT2D eigenvalue weighted by atomic mass is 10.2. The maximum Gasteiger partial charge on any atom is 0.151 e. The van der Waals surface area contributed by atoms with Crippen LogP contribution in [0, 0.1) is 0 Å². The van der Waals surface area contributed by atoms with E-state index in [1.54, 1.807) is 13.0 Å². The zero-order valence-corrected chi connectivity index (χ0v) is 8.55. The van der Waals surface area contributed by atoms with Gasteiger partial charge in [-0.15, -0.1) is 5.73 Å². The Balaban J connectivity index is 4.74. The Morgan fingerprint density at radius 1 is 1.50 bits per heavy atom. The topological polar surface area (TPSA) is 12.4 Å². The third-order valence-corrected chi connectivity index (χ3v) is 1.42. The van der Waals surface area contributed by atoms with E-state index in [1.807, 2.05) is 13.0 Å². The number of halogens is 1. The van der Waals surface area contributed by atoms with Crippen LogP contribution in [-0.4, -0.2) is 6.21 Å². The predicted octanol–water partition coefficient (Wildman–Crippen LogP) is 3.73. The molecule has 0 heterocycles. The maximum absolute atomic E-state index is 13.3. The smallest absolute Gasteiger partial charge is 0.151 e. The van der Waals surface area contributed by atoms with E-state index in [9.17, 15) is 4.39 Å². The Bertz CT molecular complexity index is 339. The second-order valence-electron chi connectivity index (χ2n) is 2.58. The molecule has 0 aromatic rings. The molecule has 1 nitrogen and oxygen atoms in total. The zero-order valence-electron chi connectivity index (χ0n) is 8.55. The molecule has 14 heavy (non-hydrogen) atoms. The van der Waals surface area contributed by atoms with E-state index in [-0.39, 0.29) is 5.57 Å². The molecular weight excluding hydrogens is 177 g/mol. The first-order valence-corrected chi connectivity index (χ1v) is 4.20. The van der Waals surface area contributed by atoms with Crippen LogP contribution in [-0.2, 0) is 0 Å². The van der Waals surface area contributed by atoms with Crippen LogP contribution in [0.15, 0.2) is 59.2 Å². The van der Waals surface area contributed by atoms with Crippen molar-refractivity contribution in [1.29, 1.82) is 0 Å². The first-order chi connectivity index (χ1) is 6.63. The van der Waals surface area contributed by atoms with Gasteiger partial charge in [0.2, 0.25) is 0 Å². The zero-order chi connectivity index (χ0) is 11.0. The van der Waals surface area contributed by atoms with Gasteiger partial charge in [0, 0.05) is 11.8 Å². The molecule has 0 aromatic heterocycles. The molecule has 0 amide bonds. The van der Waals surface area contributed by atoms with Crippen LogP contribution in [0.4, 0.5) is 4.39 Å². The summed E-state index contributed by atoms with van der Waals surface area (Å²) in [6, 6.07) is 0. The molecule has 0 rings (SSSR count). The minimum Gasteiger partial charge on any atom is -0.259 e. The third kappa shape index (κ3) is 4.39. The fraction of sp³-hybridized carbons (Fsp3) is 0.167. The highest BCUT2D eigenvalue weighted by molar-refractivity contribution is 5.72. The Morgan fingerprint density at radius 2 is 2.14 bits per heavy atom. The SMILES string of the molecule is C=C=CC(=C)\C(F)=C(C)/N=C\C=C\C. The largest absolute Gasteiger partial charge is 0.259 e. The number of aliphatic imine (C=N–C) groups is 1. The van der Waals surface area contributed by atoms with Crippen LogP contribution in [0.25, 0.3) is 0 Å². The van der Waals surface area contributed by atoms with Crippen molar-refractivity contribution in [2.75, 3.05) is 0 Å². The van der Waals surface area contributed by atoms with E-state index >= 15 is 0 Å². The summed E-state index contributed by atoms with van der Waals surface area (Å²) in [5.41, 5.74) is 2.98. The predicted molar refractivity (Wildman–Crippen MR) is 60.0 cm³/mol. The monoisotopic (exact) mass is 191 g/mol. The molecule has 0 radical (unpaired) electrons. The van der Waals surface area contributed by atoms with Gasteiger partial charge in [-0.2, -0.15) is 0 Å². The van der Waals surface area contributed by atoms with Crippen molar-refractivity contribution in [2.24, 2.45) is 4.99 Å². The number of rotatable bonds is 4. The van der Waals surface area contributed by atoms with Crippen LogP contribution in [0.5, 0.6) is 0 Å². The average Bonchev–Trinajstić information content (AvgIpc) is 2.17. The van der Waals surface area contributed by atoms with Gasteiger partial charge in [-0.05, 0) is 26.0 Å². The van der Waals surface area contributed by atoms with Crippen molar-refractivity contribution >= 4 is 6.21 Å². The number of allylic oxidation sites excluding steroid dienone is 6. The molecule has 0 unspecified atom stereocenters. The molecule has 0 N–H and O–H groups in total. The van der Waals surface area contributed by atoms with E-state index in [0.29, 0.717) is 5.70 Å². The Morgan fingerprint density at radius 3 is 2.64 bits per heavy atom. The molecule has 0 atom stereocenters. The second kappa shape index (κ2) is 6.81. The minimum atomic E-state index is -0.443. The van der Waals surface area contributed by atoms with E-state index in [2.05, 4.69) is 23.9 Å². The number of hydrogen-bond acceptors (Lipinski definition) is 1. The summed E-state index contributed by atoms with van der Waals surface area (Å²) in [6.07, 6.45) is 6.44. The van der Waals surface area contributed by atoms with E-state index in [4.69, 9.17) is 0 Å². The highest BCUT2D eigenvalue weighted by Crippen LogP contribution is 2.16. The molecule has 0 aliphatic rings. The van der Waals surface area contributed by atoms with Gasteiger partial charge >= 0.3 is 0 Å². The van der Waals surface area contributed by atoms with Crippen molar-refractivity contribution in [1.82, 2.24) is 0 Å². The molecule has 0 bridgehead atoms. The highest BCUT2D eigenvalue weighted by Gasteiger charge is 2.01. The maximum atomic E-state index is 13.3. The summed E-state index contributed by atoms with van der Waals surface area (Å²) in [6.45, 7) is 10.3. The van der Waals surface area contributed by atoms with Crippen molar-refractivity contribution in [3.8, 4) is 0 Å². The summed E-state index contributed by atoms with van der Waals surface area (Å²) in [5.74, 6) is -0.443. The van der Waals surface area contributed by atoms with Gasteiger partial charge in [-0.25, -0.2) is 4.39 Å². The molecule has 2 heteroatoms. The van der Waals surface area contributed by atoms with Gasteiger partial charge in [-0.1, -0.05) is 19.2 Å². The molecular formula is C12H14FN.